The van der Waals surface area contributed by atoms with Crippen LogP contribution in [0, 0.1) is 23.6 Å². The van der Waals surface area contributed by atoms with Gasteiger partial charge < -0.3 is 29.5 Å². The van der Waals surface area contributed by atoms with Crippen molar-refractivity contribution in [1.82, 2.24) is 24.8 Å². The number of ether oxygens (including phenoxy) is 3. The largest absolute Gasteiger partial charge is 0.494 e. The number of aromatic nitrogens is 1. The van der Waals surface area contributed by atoms with Crippen LogP contribution >= 0.6 is 0 Å². The quantitative estimate of drug-likeness (QED) is 0.218. The molecule has 0 unspecified atom stereocenters. The van der Waals surface area contributed by atoms with E-state index in [0.29, 0.717) is 39.5 Å². The molecule has 2 aliphatic heterocycles. The van der Waals surface area contributed by atoms with Gasteiger partial charge >= 0.3 is 12.3 Å². The molecule has 1 saturated heterocycles. The minimum atomic E-state index is -5.13. The van der Waals surface area contributed by atoms with Crippen LogP contribution in [-0.4, -0.2) is 113 Å². The van der Waals surface area contributed by atoms with Crippen molar-refractivity contribution >= 4 is 44.7 Å². The maximum absolute atomic E-state index is 15.0. The molecule has 330 valence electrons. The number of sulfonamides is 1. The predicted molar refractivity (Wildman–Crippen MR) is 208 cm³/mol. The first-order valence-electron chi connectivity index (χ1n) is 19.7. The number of fused-ring (bicyclic) bond motifs is 3. The van der Waals surface area contributed by atoms with Crippen LogP contribution in [0.15, 0.2) is 30.4 Å². The Balaban J connectivity index is 1.45. The van der Waals surface area contributed by atoms with Crippen LogP contribution in [0.3, 0.4) is 0 Å². The molecule has 1 aromatic carbocycles. The molecular weight excluding hydrogens is 819 g/mol. The monoisotopic (exact) mass is 869 g/mol. The van der Waals surface area contributed by atoms with E-state index in [0.717, 1.165) is 11.0 Å². The zero-order chi connectivity index (χ0) is 44.3. The van der Waals surface area contributed by atoms with Crippen LogP contribution in [0.4, 0.5) is 22.4 Å². The van der Waals surface area contributed by atoms with Gasteiger partial charge in [-0.2, -0.15) is 13.2 Å². The number of amides is 4. The Hall–Kier alpha value is -4.88. The van der Waals surface area contributed by atoms with Crippen LogP contribution < -0.4 is 24.2 Å². The molecule has 2 saturated carbocycles. The number of nitrogens with zero attached hydrogens (tertiary/aromatic N) is 3. The lowest BCUT2D eigenvalue weighted by molar-refractivity contribution is -0.222. The third-order valence-electron chi connectivity index (χ3n) is 12.5. The van der Waals surface area contributed by atoms with Gasteiger partial charge in [0.05, 0.1) is 31.0 Å². The smallest absolute Gasteiger partial charge is 0.411 e. The molecule has 6 rings (SSSR count). The van der Waals surface area contributed by atoms with Gasteiger partial charge in [0.2, 0.25) is 27.7 Å². The summed E-state index contributed by atoms with van der Waals surface area (Å²) in [5, 5.41) is 13.3. The zero-order valence-corrected chi connectivity index (χ0v) is 35.2. The predicted octanol–water partition coefficient (Wildman–Crippen LogP) is 5.31. The van der Waals surface area contributed by atoms with E-state index in [1.165, 1.54) is 40.2 Å². The van der Waals surface area contributed by atoms with Crippen molar-refractivity contribution in [2.45, 2.75) is 120 Å². The summed E-state index contributed by atoms with van der Waals surface area (Å²) < 4.78 is 103. The first-order valence-corrected chi connectivity index (χ1v) is 21.2. The van der Waals surface area contributed by atoms with E-state index >= 15 is 9.18 Å². The fourth-order valence-electron chi connectivity index (χ4n) is 8.30. The molecule has 0 radical (unpaired) electrons. The molecular formula is C40H51F4N5O10S. The summed E-state index contributed by atoms with van der Waals surface area (Å²) in [6, 6.07) is 0.223. The van der Waals surface area contributed by atoms with Gasteiger partial charge in [0, 0.05) is 29.9 Å². The summed E-state index contributed by atoms with van der Waals surface area (Å²) in [5.74, 6) is -5.78. The second kappa shape index (κ2) is 15.9. The molecule has 4 aliphatic rings. The fraction of sp³-hybridized carbons (Fsp3) is 0.625. The van der Waals surface area contributed by atoms with Crippen molar-refractivity contribution in [3.63, 3.8) is 0 Å². The molecule has 15 nitrogen and oxygen atoms in total. The zero-order valence-electron chi connectivity index (χ0n) is 34.4. The molecule has 20 heteroatoms. The lowest BCUT2D eigenvalue weighted by Gasteiger charge is -2.45. The number of hydrogen-bond acceptors (Lipinski definition) is 10. The normalized spacial score (nSPS) is 28.4. The van der Waals surface area contributed by atoms with Crippen molar-refractivity contribution in [1.29, 1.82) is 0 Å². The van der Waals surface area contributed by atoms with Crippen molar-refractivity contribution < 1.29 is 64.5 Å². The molecule has 2 aliphatic carbocycles. The SMILES string of the molecule is COc1cc(O[C@@H]2C[C@H]3C(=O)N[C@]4(C(=O)NS(=O)(=O)C5(C)CC5)C[C@H]4C=CCC[C@@H](C)C[C@@H](C)[C@H](N(C(=O)O)C(C)(C)C(F)(F)F)C(=O)N3C2)c2cc(F)c(OC)cc2n1. The minimum Gasteiger partial charge on any atom is -0.494 e. The second-order valence-electron chi connectivity index (χ2n) is 17.3. The van der Waals surface area contributed by atoms with Gasteiger partial charge in [-0.15, -0.1) is 0 Å². The summed E-state index contributed by atoms with van der Waals surface area (Å²) in [5.41, 5.74) is -4.66. The number of carbonyl (C=O) groups excluding carboxylic acids is 3. The Bertz CT molecular complexity index is 2200. The van der Waals surface area contributed by atoms with E-state index in [1.807, 2.05) is 6.92 Å². The molecule has 60 heavy (non-hydrogen) atoms. The summed E-state index contributed by atoms with van der Waals surface area (Å²) >= 11 is 0. The van der Waals surface area contributed by atoms with Crippen molar-refractivity contribution in [3.8, 4) is 17.4 Å². The highest BCUT2D eigenvalue weighted by Crippen LogP contribution is 2.48. The molecule has 4 amide bonds. The first kappa shape index (κ1) is 44.7. The Morgan fingerprint density at radius 1 is 1.07 bits per heavy atom. The van der Waals surface area contributed by atoms with E-state index in [1.54, 1.807) is 12.2 Å². The number of alkyl halides is 3. The number of nitrogens with one attached hydrogen (secondary N) is 2. The Morgan fingerprint density at radius 3 is 2.35 bits per heavy atom. The molecule has 1 aromatic heterocycles. The molecule has 3 N–H and O–H groups in total. The lowest BCUT2D eigenvalue weighted by atomic mass is 9.85. The molecule has 0 spiro atoms. The van der Waals surface area contributed by atoms with E-state index in [2.05, 4.69) is 15.0 Å². The maximum atomic E-state index is 15.0. The fourth-order valence-corrected chi connectivity index (χ4v) is 9.61. The number of hydrogen-bond donors (Lipinski definition) is 3. The molecule has 7 atom stereocenters. The third kappa shape index (κ3) is 8.27. The van der Waals surface area contributed by atoms with Gasteiger partial charge in [-0.25, -0.2) is 22.6 Å². The maximum Gasteiger partial charge on any atom is 0.411 e. The van der Waals surface area contributed by atoms with Gasteiger partial charge in [0.25, 0.3) is 5.91 Å². The van der Waals surface area contributed by atoms with Crippen molar-refractivity contribution in [2.75, 3.05) is 20.8 Å². The average molecular weight is 870 g/mol. The highest BCUT2D eigenvalue weighted by Gasteiger charge is 2.64. The standard InChI is InChI=1S/C40H51F4N5O10S/c1-21-10-8-9-11-23-19-39(23,35(52)47-60(55,56)38(5)12-13-38)46-33(50)28-15-24(59-29-18-31(58-7)45-27-17-30(57-6)26(41)16-25(27)29)20-48(28)34(51)32(22(2)14-21)49(36(53)54)37(3,4)40(42,43)44/h9,11,16-18,21-24,28,32H,8,10,12-15,19-20H2,1-7H3,(H,46,50)(H,47,52)(H,53,54)/t21-,22-,23-,24-,28+,32+,39-/m1/s1. The minimum absolute atomic E-state index is 0.00475. The van der Waals surface area contributed by atoms with Crippen molar-refractivity contribution in [2.24, 2.45) is 17.8 Å². The van der Waals surface area contributed by atoms with Crippen LogP contribution in [0.5, 0.6) is 17.4 Å². The summed E-state index contributed by atoms with van der Waals surface area (Å²) in [6.07, 6.45) is -3.43. The van der Waals surface area contributed by atoms with Gasteiger partial charge in [0.15, 0.2) is 11.6 Å². The first-order chi connectivity index (χ1) is 27.9. The van der Waals surface area contributed by atoms with Crippen LogP contribution in [-0.2, 0) is 24.4 Å². The van der Waals surface area contributed by atoms with E-state index in [9.17, 15) is 41.1 Å². The Kier molecular flexibility index (Phi) is 11.8. The Labute approximate surface area is 345 Å². The van der Waals surface area contributed by atoms with Crippen LogP contribution in [0.1, 0.15) is 79.6 Å². The van der Waals surface area contributed by atoms with E-state index < -0.39 is 98.2 Å². The van der Waals surface area contributed by atoms with E-state index in [-0.39, 0.29) is 58.4 Å². The summed E-state index contributed by atoms with van der Waals surface area (Å²) in [7, 11) is -1.57. The number of allylic oxidation sites excluding steroid dienone is 1. The Morgan fingerprint density at radius 2 is 1.75 bits per heavy atom. The summed E-state index contributed by atoms with van der Waals surface area (Å²) in [4.78, 5) is 61.9. The average Bonchev–Trinajstić information content (AvgIpc) is 4.04. The van der Waals surface area contributed by atoms with E-state index in [4.69, 9.17) is 14.2 Å². The van der Waals surface area contributed by atoms with Gasteiger partial charge in [-0.05, 0) is 77.2 Å². The molecule has 0 bridgehead atoms. The second-order valence-corrected chi connectivity index (χ2v) is 19.5. The van der Waals surface area contributed by atoms with Gasteiger partial charge in [-0.3, -0.25) is 24.0 Å². The van der Waals surface area contributed by atoms with Crippen molar-refractivity contribution in [3.05, 3.63) is 36.2 Å². The topological polar surface area (TPSA) is 194 Å². The molecule has 2 aromatic rings. The number of carboxylic acid groups (broad SMARTS) is 1. The van der Waals surface area contributed by atoms with Gasteiger partial charge in [0.1, 0.15) is 35.0 Å². The third-order valence-corrected chi connectivity index (χ3v) is 14.7. The van der Waals surface area contributed by atoms with Crippen LogP contribution in [0.25, 0.3) is 10.9 Å². The van der Waals surface area contributed by atoms with Crippen LogP contribution in [0.2, 0.25) is 0 Å². The number of benzene rings is 1. The number of methoxy groups -OCH3 is 2. The lowest BCUT2D eigenvalue weighted by Crippen LogP contribution is -2.66. The number of pyridine rings is 1. The highest BCUT2D eigenvalue weighted by molar-refractivity contribution is 7.91. The number of halogens is 4. The molecule has 3 fully saturated rings. The van der Waals surface area contributed by atoms with Gasteiger partial charge in [-0.1, -0.05) is 26.0 Å². The number of rotatable bonds is 9. The highest BCUT2D eigenvalue weighted by atomic mass is 32.2. The summed E-state index contributed by atoms with van der Waals surface area (Å²) in [6.45, 7) is 5.66. The number of carbonyl (C=O) groups is 4. The molecule has 3 heterocycles.